The Labute approximate surface area is 233 Å². The number of benzene rings is 1. The zero-order chi connectivity index (χ0) is 26.1. The number of anilines is 1. The second kappa shape index (κ2) is 15.8. The molecule has 2 fully saturated rings. The van der Waals surface area contributed by atoms with Crippen molar-refractivity contribution < 1.29 is 28.8 Å². The van der Waals surface area contributed by atoms with E-state index in [2.05, 4.69) is 21.0 Å². The first-order valence-electron chi connectivity index (χ1n) is 11.9. The van der Waals surface area contributed by atoms with Gasteiger partial charge in [0.25, 0.3) is 0 Å². The topological polar surface area (TPSA) is 156 Å². The van der Waals surface area contributed by atoms with E-state index in [9.17, 15) is 19.2 Å². The molecule has 38 heavy (non-hydrogen) atoms. The van der Waals surface area contributed by atoms with Gasteiger partial charge in [-0.1, -0.05) is 0 Å². The summed E-state index contributed by atoms with van der Waals surface area (Å²) >= 11 is 0. The van der Waals surface area contributed by atoms with Crippen LogP contribution in [0.15, 0.2) is 24.3 Å². The summed E-state index contributed by atoms with van der Waals surface area (Å²) in [5, 5.41) is 13.3. The van der Waals surface area contributed by atoms with Crippen molar-refractivity contribution in [3.8, 4) is 0 Å². The second-order valence-corrected chi connectivity index (χ2v) is 8.47. The van der Waals surface area contributed by atoms with Gasteiger partial charge in [-0.15, -0.1) is 24.8 Å². The molecule has 1 atom stereocenters. The normalized spacial score (nSPS) is 17.0. The number of amides is 4. The van der Waals surface area contributed by atoms with Gasteiger partial charge in [0.1, 0.15) is 6.04 Å². The van der Waals surface area contributed by atoms with Crippen LogP contribution < -0.4 is 21.0 Å². The molecular weight excluding hydrogens is 541 g/mol. The maximum absolute atomic E-state index is 12.8. The van der Waals surface area contributed by atoms with Crippen molar-refractivity contribution in [3.05, 3.63) is 29.8 Å². The zero-order valence-corrected chi connectivity index (χ0v) is 23.0. The fourth-order valence-electron chi connectivity index (χ4n) is 3.81. The molecule has 0 saturated carbocycles. The summed E-state index contributed by atoms with van der Waals surface area (Å²) in [5.41, 5.74) is 3.48. The first-order chi connectivity index (χ1) is 17.3. The first-order valence-corrected chi connectivity index (χ1v) is 11.9. The quantitative estimate of drug-likeness (QED) is 0.163. The Balaban J connectivity index is 0.00000361. The average Bonchev–Trinajstić information content (AvgIpc) is 3.22. The number of ether oxygens (including phenoxy) is 1. The molecule has 212 valence electrons. The number of amidine groups is 1. The van der Waals surface area contributed by atoms with E-state index in [1.54, 1.807) is 41.0 Å². The van der Waals surface area contributed by atoms with Gasteiger partial charge in [0.15, 0.2) is 5.84 Å². The number of nitrogens with zero attached hydrogens (tertiary/aromatic N) is 3. The molecule has 0 radical (unpaired) electrons. The number of rotatable bonds is 7. The average molecular weight is 576 g/mol. The van der Waals surface area contributed by atoms with Gasteiger partial charge < -0.3 is 34.9 Å². The van der Waals surface area contributed by atoms with E-state index in [4.69, 9.17) is 15.0 Å². The number of hydrogen-bond donors (Lipinski definition) is 4. The number of hydrogen-bond acceptors (Lipinski definition) is 8. The van der Waals surface area contributed by atoms with Crippen molar-refractivity contribution in [2.24, 2.45) is 0 Å². The lowest BCUT2D eigenvalue weighted by Gasteiger charge is -2.31. The predicted octanol–water partition coefficient (Wildman–Crippen LogP) is 1.10. The van der Waals surface area contributed by atoms with Gasteiger partial charge in [0.2, 0.25) is 5.91 Å². The fourth-order valence-corrected chi connectivity index (χ4v) is 3.81. The molecular formula is C23H35Cl2N7O6. The minimum atomic E-state index is -0.679. The highest BCUT2D eigenvalue weighted by atomic mass is 35.5. The van der Waals surface area contributed by atoms with Crippen LogP contribution in [0.4, 0.5) is 15.3 Å². The number of carbonyl (C=O) groups is 4. The Hall–Kier alpha value is -3.29. The van der Waals surface area contributed by atoms with Gasteiger partial charge in [0, 0.05) is 50.5 Å². The summed E-state index contributed by atoms with van der Waals surface area (Å²) < 4.78 is 4.80. The number of carbonyl (C=O) groups excluding carboxylic acids is 4. The van der Waals surface area contributed by atoms with E-state index in [1.165, 1.54) is 0 Å². The van der Waals surface area contributed by atoms with Crippen LogP contribution in [0.3, 0.4) is 0 Å². The molecule has 1 aromatic rings. The van der Waals surface area contributed by atoms with Crippen LogP contribution in [-0.4, -0.2) is 98.6 Å². The largest absolute Gasteiger partial charge is 0.466 e. The SMILES string of the molecule is CCOC(=O)CCNC(=O)N[C@H]1CCN(c2ccc(C(=N)NOC(=O)N3CCN(C)CC3)cc2)C1=O.Cl.Cl. The summed E-state index contributed by atoms with van der Waals surface area (Å²) in [7, 11) is 1.99. The third-order valence-electron chi connectivity index (χ3n) is 5.90. The lowest BCUT2D eigenvalue weighted by Crippen LogP contribution is -2.48. The number of urea groups is 1. The second-order valence-electron chi connectivity index (χ2n) is 8.47. The van der Waals surface area contributed by atoms with Gasteiger partial charge in [-0.05, 0) is 44.7 Å². The lowest BCUT2D eigenvalue weighted by atomic mass is 10.2. The molecule has 0 aromatic heterocycles. The minimum Gasteiger partial charge on any atom is -0.466 e. The maximum atomic E-state index is 12.8. The van der Waals surface area contributed by atoms with Gasteiger partial charge in [-0.25, -0.2) is 9.59 Å². The number of piperazine rings is 1. The molecule has 0 spiro atoms. The van der Waals surface area contributed by atoms with E-state index in [0.29, 0.717) is 37.3 Å². The highest BCUT2D eigenvalue weighted by Crippen LogP contribution is 2.22. The van der Waals surface area contributed by atoms with Crippen LogP contribution in [-0.2, 0) is 19.2 Å². The van der Waals surface area contributed by atoms with Gasteiger partial charge in [-0.2, -0.15) is 5.48 Å². The highest BCUT2D eigenvalue weighted by Gasteiger charge is 2.33. The molecule has 15 heteroatoms. The molecule has 2 aliphatic heterocycles. The van der Waals surface area contributed by atoms with Crippen LogP contribution in [0.25, 0.3) is 0 Å². The standard InChI is InChI=1S/C23H33N7O6.2ClH/c1-3-35-19(31)8-10-25-22(33)26-18-9-11-30(21(18)32)17-6-4-16(5-7-17)20(24)27-36-23(34)29-14-12-28(2)13-15-29;;/h4-7,18H,3,8-15H2,1-2H3,(H2,24,27)(H2,25,26,33);2*1H/t18-;;/m0../s1. The third-order valence-corrected chi connectivity index (χ3v) is 5.90. The van der Waals surface area contributed by atoms with Crippen molar-refractivity contribution in [2.45, 2.75) is 25.8 Å². The summed E-state index contributed by atoms with van der Waals surface area (Å²) in [6.07, 6.45) is -0.0430. The Morgan fingerprint density at radius 3 is 2.34 bits per heavy atom. The lowest BCUT2D eigenvalue weighted by molar-refractivity contribution is -0.142. The van der Waals surface area contributed by atoms with Crippen LogP contribution >= 0.6 is 24.8 Å². The van der Waals surface area contributed by atoms with Crippen molar-refractivity contribution in [3.63, 3.8) is 0 Å². The molecule has 1 aromatic carbocycles. The summed E-state index contributed by atoms with van der Waals surface area (Å²) in [6, 6.07) is 5.46. The van der Waals surface area contributed by atoms with Crippen LogP contribution in [0.5, 0.6) is 0 Å². The van der Waals surface area contributed by atoms with E-state index in [1.807, 2.05) is 7.05 Å². The van der Waals surface area contributed by atoms with Crippen molar-refractivity contribution >= 4 is 60.3 Å². The molecule has 4 N–H and O–H groups in total. The van der Waals surface area contributed by atoms with Crippen LogP contribution in [0.1, 0.15) is 25.3 Å². The van der Waals surface area contributed by atoms with Crippen molar-refractivity contribution in [2.75, 3.05) is 57.8 Å². The Bertz CT molecular complexity index is 974. The molecule has 0 aliphatic carbocycles. The molecule has 2 saturated heterocycles. The van der Waals surface area contributed by atoms with Gasteiger partial charge in [0.05, 0.1) is 13.0 Å². The van der Waals surface area contributed by atoms with Gasteiger partial charge in [-0.3, -0.25) is 15.0 Å². The predicted molar refractivity (Wildman–Crippen MR) is 145 cm³/mol. The highest BCUT2D eigenvalue weighted by molar-refractivity contribution is 6.02. The smallest absolute Gasteiger partial charge is 0.434 e. The molecule has 0 bridgehead atoms. The molecule has 2 aliphatic rings. The van der Waals surface area contributed by atoms with Gasteiger partial charge >= 0.3 is 18.1 Å². The zero-order valence-electron chi connectivity index (χ0n) is 21.4. The summed E-state index contributed by atoms with van der Waals surface area (Å²) in [5.74, 6) is -0.741. The number of nitrogens with one attached hydrogen (secondary N) is 4. The molecule has 13 nitrogen and oxygen atoms in total. The van der Waals surface area contributed by atoms with Crippen LogP contribution in [0.2, 0.25) is 0 Å². The number of halogens is 2. The Morgan fingerprint density at radius 2 is 1.71 bits per heavy atom. The van der Waals surface area contributed by atoms with Crippen LogP contribution in [0, 0.1) is 5.41 Å². The molecule has 0 unspecified atom stereocenters. The van der Waals surface area contributed by atoms with E-state index in [-0.39, 0.29) is 56.1 Å². The van der Waals surface area contributed by atoms with Crippen molar-refractivity contribution in [1.82, 2.24) is 25.9 Å². The molecule has 3 rings (SSSR count). The monoisotopic (exact) mass is 575 g/mol. The van der Waals surface area contributed by atoms with E-state index in [0.717, 1.165) is 13.1 Å². The first kappa shape index (κ1) is 32.7. The maximum Gasteiger partial charge on any atom is 0.434 e. The third kappa shape index (κ3) is 9.23. The van der Waals surface area contributed by atoms with E-state index >= 15 is 0 Å². The fraction of sp³-hybridized carbons (Fsp3) is 0.522. The number of esters is 1. The molecule has 4 amide bonds. The van der Waals surface area contributed by atoms with Crippen molar-refractivity contribution in [1.29, 1.82) is 5.41 Å². The molecule has 2 heterocycles. The minimum absolute atomic E-state index is 0. The summed E-state index contributed by atoms with van der Waals surface area (Å²) in [4.78, 5) is 58.6. The number of likely N-dealkylation sites (N-methyl/N-ethyl adjacent to an activating group) is 1. The summed E-state index contributed by atoms with van der Waals surface area (Å²) in [6.45, 7) is 5.17. The Morgan fingerprint density at radius 1 is 1.05 bits per heavy atom. The number of hydroxylamine groups is 1. The van der Waals surface area contributed by atoms with E-state index < -0.39 is 24.1 Å². The Kier molecular flexibility index (Phi) is 13.7.